The van der Waals surface area contributed by atoms with Crippen molar-refractivity contribution in [3.63, 3.8) is 0 Å². The molecule has 7 nitrogen and oxygen atoms in total. The first kappa shape index (κ1) is 19.7. The molecular weight excluding hydrogens is 395 g/mol. The van der Waals surface area contributed by atoms with E-state index in [0.717, 1.165) is 12.0 Å². The molecule has 3 aromatic rings. The monoisotopic (exact) mass is 416 g/mol. The van der Waals surface area contributed by atoms with Crippen LogP contribution < -0.4 is 5.69 Å². The molecule has 2 unspecified atom stereocenters. The Bertz CT molecular complexity index is 1110. The molecule has 2 heterocycles. The molecular formula is C20H21FN4O3S. The normalized spacial score (nSPS) is 19.8. The van der Waals surface area contributed by atoms with Crippen molar-refractivity contribution in [3.8, 4) is 5.69 Å². The van der Waals surface area contributed by atoms with Gasteiger partial charge < -0.3 is 4.55 Å². The molecule has 9 heteroatoms. The second-order valence-electron chi connectivity index (χ2n) is 7.22. The number of halogens is 1. The van der Waals surface area contributed by atoms with E-state index >= 15 is 0 Å². The van der Waals surface area contributed by atoms with Crippen LogP contribution in [-0.4, -0.2) is 36.7 Å². The first-order valence-corrected chi connectivity index (χ1v) is 10.8. The molecule has 0 amide bonds. The quantitative estimate of drug-likeness (QED) is 0.662. The summed E-state index contributed by atoms with van der Waals surface area (Å²) < 4.78 is 41.7. The van der Waals surface area contributed by atoms with Crippen LogP contribution in [0.4, 0.5) is 4.39 Å². The Kier molecular flexibility index (Phi) is 5.20. The lowest BCUT2D eigenvalue weighted by molar-refractivity contribution is 0.283. The average molecular weight is 416 g/mol. The fourth-order valence-electron chi connectivity index (χ4n) is 3.52. The maximum atomic E-state index is 13.1. The van der Waals surface area contributed by atoms with Gasteiger partial charge in [0.1, 0.15) is 11.6 Å². The number of aromatic nitrogens is 3. The number of sulfonamides is 1. The van der Waals surface area contributed by atoms with Crippen LogP contribution >= 0.6 is 0 Å². The number of hydrogen-bond donors (Lipinski definition) is 1. The third-order valence-electron chi connectivity index (χ3n) is 5.14. The Morgan fingerprint density at radius 3 is 2.55 bits per heavy atom. The minimum absolute atomic E-state index is 0.224. The molecule has 0 aliphatic carbocycles. The van der Waals surface area contributed by atoms with Crippen LogP contribution in [0.3, 0.4) is 0 Å². The molecule has 1 fully saturated rings. The number of benzene rings is 2. The minimum Gasteiger partial charge on any atom is -0.593 e. The lowest BCUT2D eigenvalue weighted by Gasteiger charge is -2.33. The van der Waals surface area contributed by atoms with E-state index in [1.807, 2.05) is 6.92 Å². The van der Waals surface area contributed by atoms with Gasteiger partial charge in [-0.25, -0.2) is 9.18 Å². The zero-order valence-corrected chi connectivity index (χ0v) is 16.7. The summed E-state index contributed by atoms with van der Waals surface area (Å²) in [7, 11) is -3.61. The van der Waals surface area contributed by atoms with Crippen LogP contribution in [0.1, 0.15) is 30.1 Å². The molecule has 0 spiro atoms. The summed E-state index contributed by atoms with van der Waals surface area (Å²) >= 11 is 0. The number of hydrogen-bond acceptors (Lipinski definition) is 4. The Hall–Kier alpha value is -2.62. The number of rotatable bonds is 4. The number of nitrogens with one attached hydrogen (secondary N) is 1. The average Bonchev–Trinajstić information content (AvgIpc) is 3.11. The maximum absolute atomic E-state index is 13.1. The lowest BCUT2D eigenvalue weighted by Crippen LogP contribution is -2.43. The van der Waals surface area contributed by atoms with Crippen LogP contribution in [0.2, 0.25) is 0 Å². The van der Waals surface area contributed by atoms with E-state index in [4.69, 9.17) is 0 Å². The molecule has 1 aliphatic heterocycles. The van der Waals surface area contributed by atoms with Crippen molar-refractivity contribution in [2.75, 3.05) is 13.1 Å². The molecule has 1 aromatic heterocycles. The molecule has 4 rings (SSSR count). The van der Waals surface area contributed by atoms with Crippen LogP contribution in [0, 0.1) is 12.7 Å². The standard InChI is InChI=1S/C20H21FN4O3S/c1-14-4-10-18(11-5-14)29(27,28)24-12-2-3-15(13-24)19-22-20(26)25(23-19)17-8-6-16(21)7-9-17/h4-11,15H,2-3,12-13H2,1H3,(H-,22,23,26,27,28). The smallest absolute Gasteiger partial charge is 0.348 e. The molecule has 2 aromatic carbocycles. The van der Waals surface area contributed by atoms with Crippen LogP contribution in [0.15, 0.2) is 58.2 Å². The second kappa shape index (κ2) is 7.66. The van der Waals surface area contributed by atoms with Gasteiger partial charge in [-0.15, -0.1) is 9.40 Å². The largest absolute Gasteiger partial charge is 0.593 e. The third-order valence-corrected chi connectivity index (χ3v) is 7.02. The number of aryl methyl sites for hydroxylation is 1. The van der Waals surface area contributed by atoms with Gasteiger partial charge in [0.15, 0.2) is 15.3 Å². The van der Waals surface area contributed by atoms with E-state index in [9.17, 15) is 17.9 Å². The fourth-order valence-corrected chi connectivity index (χ4v) is 5.05. The van der Waals surface area contributed by atoms with E-state index in [1.54, 1.807) is 24.3 Å². The van der Waals surface area contributed by atoms with Crippen molar-refractivity contribution in [2.45, 2.75) is 30.6 Å². The maximum Gasteiger partial charge on any atom is 0.348 e. The van der Waals surface area contributed by atoms with E-state index in [-0.39, 0.29) is 17.4 Å². The van der Waals surface area contributed by atoms with Crippen molar-refractivity contribution in [2.24, 2.45) is 0 Å². The number of piperidine rings is 1. The van der Waals surface area contributed by atoms with Gasteiger partial charge in [-0.2, -0.15) is 4.68 Å². The molecule has 2 atom stereocenters. The first-order valence-electron chi connectivity index (χ1n) is 9.36. The molecule has 0 radical (unpaired) electrons. The SMILES string of the molecule is Cc1ccc([S+](=O)([O-])N2CCCC(c3nn(-c4ccc(F)cc4)c(=O)[nH]3)C2)cc1. The van der Waals surface area contributed by atoms with Gasteiger partial charge >= 0.3 is 5.69 Å². The molecule has 1 saturated heterocycles. The molecule has 29 heavy (non-hydrogen) atoms. The molecule has 152 valence electrons. The summed E-state index contributed by atoms with van der Waals surface area (Å²) in [6.45, 7) is 2.57. The Morgan fingerprint density at radius 2 is 1.86 bits per heavy atom. The summed E-state index contributed by atoms with van der Waals surface area (Å²) in [6.07, 6.45) is 1.39. The van der Waals surface area contributed by atoms with E-state index in [2.05, 4.69) is 10.1 Å². The van der Waals surface area contributed by atoms with Crippen LogP contribution in [0.25, 0.3) is 5.69 Å². The van der Waals surface area contributed by atoms with Crippen molar-refractivity contribution in [1.82, 2.24) is 19.1 Å². The highest BCUT2D eigenvalue weighted by molar-refractivity contribution is 7.95. The van der Waals surface area contributed by atoms with E-state index in [0.29, 0.717) is 24.5 Å². The Balaban J connectivity index is 1.58. The predicted octanol–water partition coefficient (Wildman–Crippen LogP) is 2.79. The minimum atomic E-state index is -3.61. The summed E-state index contributed by atoms with van der Waals surface area (Å²) in [6, 6.07) is 12.2. The topological polar surface area (TPSA) is 94.0 Å². The van der Waals surface area contributed by atoms with Crippen molar-refractivity contribution in [1.29, 1.82) is 0 Å². The highest BCUT2D eigenvalue weighted by atomic mass is 32.3. The summed E-state index contributed by atoms with van der Waals surface area (Å²) in [5.41, 5.74) is 0.994. The van der Waals surface area contributed by atoms with E-state index < -0.39 is 21.9 Å². The highest BCUT2D eigenvalue weighted by Gasteiger charge is 2.36. The van der Waals surface area contributed by atoms with Crippen LogP contribution in [0.5, 0.6) is 0 Å². The zero-order valence-electron chi connectivity index (χ0n) is 15.9. The Labute approximate surface area is 168 Å². The molecule has 1 N–H and O–H groups in total. The summed E-state index contributed by atoms with van der Waals surface area (Å²) in [5.74, 6) is -0.191. The van der Waals surface area contributed by atoms with Gasteiger partial charge in [0.05, 0.1) is 12.2 Å². The van der Waals surface area contributed by atoms with Crippen LogP contribution in [-0.2, 0) is 14.6 Å². The van der Waals surface area contributed by atoms with E-state index in [1.165, 1.54) is 33.3 Å². The number of H-pyrrole nitrogens is 1. The fraction of sp³-hybridized carbons (Fsp3) is 0.300. The Morgan fingerprint density at radius 1 is 1.17 bits per heavy atom. The number of aromatic amines is 1. The first-order chi connectivity index (χ1) is 13.8. The summed E-state index contributed by atoms with van der Waals surface area (Å²) in [4.78, 5) is 15.3. The number of nitrogens with zero attached hydrogens (tertiary/aromatic N) is 3. The van der Waals surface area contributed by atoms with Gasteiger partial charge in [-0.05, 0) is 56.2 Å². The van der Waals surface area contributed by atoms with Crippen molar-refractivity contribution in [3.05, 3.63) is 76.2 Å². The summed E-state index contributed by atoms with van der Waals surface area (Å²) in [5, 5.41) is 4.34. The second-order valence-corrected chi connectivity index (χ2v) is 9.16. The third kappa shape index (κ3) is 3.93. The molecule has 0 saturated carbocycles. The zero-order chi connectivity index (χ0) is 20.6. The predicted molar refractivity (Wildman–Crippen MR) is 106 cm³/mol. The molecule has 1 aliphatic rings. The van der Waals surface area contributed by atoms with Gasteiger partial charge in [0.2, 0.25) is 0 Å². The molecule has 0 bridgehead atoms. The van der Waals surface area contributed by atoms with Gasteiger partial charge in [0.25, 0.3) is 0 Å². The highest BCUT2D eigenvalue weighted by Crippen LogP contribution is 2.31. The lowest BCUT2D eigenvalue weighted by atomic mass is 9.99. The van der Waals surface area contributed by atoms with Gasteiger partial charge in [-0.3, -0.25) is 4.98 Å². The van der Waals surface area contributed by atoms with Gasteiger partial charge in [0, 0.05) is 12.5 Å². The van der Waals surface area contributed by atoms with Crippen molar-refractivity contribution < 1.29 is 13.2 Å². The van der Waals surface area contributed by atoms with Crippen molar-refractivity contribution >= 4 is 10.4 Å². The van der Waals surface area contributed by atoms with Gasteiger partial charge in [-0.1, -0.05) is 21.9 Å².